The lowest BCUT2D eigenvalue weighted by Gasteiger charge is -2.18. The number of nitrogens with zero attached hydrogens (tertiary/aromatic N) is 1. The standard InChI is InChI=1S/C25H31N3O3/c1-16(2)19-8-6-10-22(12-19)28-15-20(13-23(28)29)25(31)26-14-18-7-5-9-21(11-18)27-24(30)17(3)4/h5-12,16-17,20H,13-15H2,1-4H3,(H,26,31)(H,27,30)/t20-/m0/s1. The Hall–Kier alpha value is -3.15. The zero-order chi connectivity index (χ0) is 22.5. The molecule has 2 aromatic rings. The second-order valence-corrected chi connectivity index (χ2v) is 8.72. The van der Waals surface area contributed by atoms with Crippen LogP contribution in [0.15, 0.2) is 48.5 Å². The van der Waals surface area contributed by atoms with Crippen LogP contribution in [0.2, 0.25) is 0 Å². The van der Waals surface area contributed by atoms with Crippen LogP contribution >= 0.6 is 0 Å². The van der Waals surface area contributed by atoms with Gasteiger partial charge in [0.15, 0.2) is 0 Å². The maximum absolute atomic E-state index is 12.7. The summed E-state index contributed by atoms with van der Waals surface area (Å²) in [5.74, 6) is -0.316. The van der Waals surface area contributed by atoms with Crippen LogP contribution in [0.25, 0.3) is 0 Å². The van der Waals surface area contributed by atoms with E-state index in [-0.39, 0.29) is 36.0 Å². The molecule has 6 heteroatoms. The molecule has 1 heterocycles. The first-order chi connectivity index (χ1) is 14.7. The molecule has 3 rings (SSSR count). The van der Waals surface area contributed by atoms with Crippen LogP contribution in [-0.4, -0.2) is 24.3 Å². The maximum Gasteiger partial charge on any atom is 0.227 e. The van der Waals surface area contributed by atoms with Crippen LogP contribution in [0.5, 0.6) is 0 Å². The molecule has 0 aliphatic carbocycles. The second-order valence-electron chi connectivity index (χ2n) is 8.72. The number of carbonyl (C=O) groups is 3. The predicted molar refractivity (Wildman–Crippen MR) is 123 cm³/mol. The number of hydrogen-bond acceptors (Lipinski definition) is 3. The predicted octanol–water partition coefficient (Wildman–Crippen LogP) is 4.07. The summed E-state index contributed by atoms with van der Waals surface area (Å²) >= 11 is 0. The van der Waals surface area contributed by atoms with Gasteiger partial charge in [-0.25, -0.2) is 0 Å². The molecule has 164 valence electrons. The number of nitrogens with one attached hydrogen (secondary N) is 2. The van der Waals surface area contributed by atoms with E-state index in [0.29, 0.717) is 24.7 Å². The van der Waals surface area contributed by atoms with Crippen LogP contribution in [0.1, 0.15) is 51.2 Å². The number of amides is 3. The van der Waals surface area contributed by atoms with Gasteiger partial charge < -0.3 is 15.5 Å². The average Bonchev–Trinajstić information content (AvgIpc) is 3.14. The number of carbonyl (C=O) groups excluding carboxylic acids is 3. The van der Waals surface area contributed by atoms with E-state index in [1.165, 1.54) is 5.56 Å². The highest BCUT2D eigenvalue weighted by atomic mass is 16.2. The average molecular weight is 422 g/mol. The number of rotatable bonds is 7. The van der Waals surface area contributed by atoms with Crippen molar-refractivity contribution in [1.29, 1.82) is 0 Å². The first-order valence-corrected chi connectivity index (χ1v) is 10.8. The van der Waals surface area contributed by atoms with Gasteiger partial charge in [0.25, 0.3) is 0 Å². The second kappa shape index (κ2) is 9.77. The molecule has 1 aliphatic heterocycles. The number of benzene rings is 2. The van der Waals surface area contributed by atoms with Gasteiger partial charge in [0, 0.05) is 36.8 Å². The zero-order valence-electron chi connectivity index (χ0n) is 18.6. The zero-order valence-corrected chi connectivity index (χ0v) is 18.6. The minimum absolute atomic E-state index is 0.0283. The third-order valence-electron chi connectivity index (χ3n) is 5.53. The molecule has 2 aromatic carbocycles. The van der Waals surface area contributed by atoms with E-state index in [9.17, 15) is 14.4 Å². The highest BCUT2D eigenvalue weighted by Crippen LogP contribution is 2.28. The van der Waals surface area contributed by atoms with Gasteiger partial charge in [-0.05, 0) is 41.3 Å². The summed E-state index contributed by atoms with van der Waals surface area (Å²) in [6.07, 6.45) is 0.211. The summed E-state index contributed by atoms with van der Waals surface area (Å²) in [5, 5.41) is 5.80. The molecule has 6 nitrogen and oxygen atoms in total. The summed E-state index contributed by atoms with van der Waals surface area (Å²) in [6.45, 7) is 8.64. The van der Waals surface area contributed by atoms with Gasteiger partial charge in [0.1, 0.15) is 0 Å². The first kappa shape index (κ1) is 22.5. The quantitative estimate of drug-likeness (QED) is 0.707. The Morgan fingerprint density at radius 3 is 2.52 bits per heavy atom. The number of anilines is 2. The van der Waals surface area contributed by atoms with Crippen LogP contribution in [0.3, 0.4) is 0 Å². The molecule has 1 atom stereocenters. The Morgan fingerprint density at radius 2 is 1.81 bits per heavy atom. The molecule has 0 bridgehead atoms. The molecule has 0 radical (unpaired) electrons. The summed E-state index contributed by atoms with van der Waals surface area (Å²) in [5.41, 5.74) is 3.61. The molecule has 31 heavy (non-hydrogen) atoms. The van der Waals surface area contributed by atoms with E-state index in [1.807, 2.05) is 56.3 Å². The molecule has 1 saturated heterocycles. The monoisotopic (exact) mass is 421 g/mol. The Morgan fingerprint density at radius 1 is 1.06 bits per heavy atom. The summed E-state index contributed by atoms with van der Waals surface area (Å²) in [7, 11) is 0. The fraction of sp³-hybridized carbons (Fsp3) is 0.400. The fourth-order valence-corrected chi connectivity index (χ4v) is 3.56. The number of hydrogen-bond donors (Lipinski definition) is 2. The maximum atomic E-state index is 12.7. The smallest absolute Gasteiger partial charge is 0.227 e. The van der Waals surface area contributed by atoms with Gasteiger partial charge in [0.2, 0.25) is 17.7 Å². The van der Waals surface area contributed by atoms with Gasteiger partial charge in [-0.2, -0.15) is 0 Å². The Balaban J connectivity index is 1.59. The third-order valence-corrected chi connectivity index (χ3v) is 5.53. The largest absolute Gasteiger partial charge is 0.352 e. The van der Waals surface area contributed by atoms with E-state index in [4.69, 9.17) is 0 Å². The molecule has 0 aromatic heterocycles. The molecule has 0 spiro atoms. The van der Waals surface area contributed by atoms with Gasteiger partial charge >= 0.3 is 0 Å². The first-order valence-electron chi connectivity index (χ1n) is 10.8. The van der Waals surface area contributed by atoms with Crippen molar-refractivity contribution in [3.05, 3.63) is 59.7 Å². The Bertz CT molecular complexity index is 968. The highest BCUT2D eigenvalue weighted by Gasteiger charge is 2.35. The minimum atomic E-state index is -0.376. The van der Waals surface area contributed by atoms with Gasteiger partial charge in [-0.15, -0.1) is 0 Å². The molecular formula is C25H31N3O3. The lowest BCUT2D eigenvalue weighted by Crippen LogP contribution is -2.32. The van der Waals surface area contributed by atoms with Crippen LogP contribution in [0, 0.1) is 11.8 Å². The molecule has 1 aliphatic rings. The van der Waals surface area contributed by atoms with Crippen LogP contribution in [-0.2, 0) is 20.9 Å². The summed E-state index contributed by atoms with van der Waals surface area (Å²) in [6, 6.07) is 15.4. The van der Waals surface area contributed by atoms with Crippen molar-refractivity contribution in [1.82, 2.24) is 5.32 Å². The van der Waals surface area contributed by atoms with Crippen molar-refractivity contribution < 1.29 is 14.4 Å². The van der Waals surface area contributed by atoms with Crippen molar-refractivity contribution in [3.8, 4) is 0 Å². The van der Waals surface area contributed by atoms with E-state index >= 15 is 0 Å². The molecule has 0 saturated carbocycles. The highest BCUT2D eigenvalue weighted by molar-refractivity contribution is 6.00. The molecule has 0 unspecified atom stereocenters. The van der Waals surface area contributed by atoms with Crippen LogP contribution in [0.4, 0.5) is 11.4 Å². The Labute approximate surface area is 184 Å². The molecule has 3 amide bonds. The summed E-state index contributed by atoms with van der Waals surface area (Å²) in [4.78, 5) is 38.9. The van der Waals surface area contributed by atoms with E-state index in [1.54, 1.807) is 4.90 Å². The summed E-state index contributed by atoms with van der Waals surface area (Å²) < 4.78 is 0. The van der Waals surface area contributed by atoms with Crippen molar-refractivity contribution in [3.63, 3.8) is 0 Å². The lowest BCUT2D eigenvalue weighted by atomic mass is 10.0. The normalized spacial score (nSPS) is 16.1. The van der Waals surface area contributed by atoms with Crippen LogP contribution < -0.4 is 15.5 Å². The topological polar surface area (TPSA) is 78.5 Å². The van der Waals surface area contributed by atoms with Gasteiger partial charge in [-0.1, -0.05) is 52.0 Å². The molecule has 1 fully saturated rings. The van der Waals surface area contributed by atoms with Gasteiger partial charge in [-0.3, -0.25) is 14.4 Å². The third kappa shape index (κ3) is 5.72. The van der Waals surface area contributed by atoms with E-state index in [0.717, 1.165) is 11.3 Å². The molecular weight excluding hydrogens is 390 g/mol. The Kier molecular flexibility index (Phi) is 7.10. The lowest BCUT2D eigenvalue weighted by molar-refractivity contribution is -0.126. The minimum Gasteiger partial charge on any atom is -0.352 e. The van der Waals surface area contributed by atoms with Gasteiger partial charge in [0.05, 0.1) is 5.92 Å². The molecule has 2 N–H and O–H groups in total. The SMILES string of the molecule is CC(C)C(=O)Nc1cccc(CNC(=O)[C@H]2CC(=O)N(c3cccc(C(C)C)c3)C2)c1. The van der Waals surface area contributed by atoms with Crippen molar-refractivity contribution in [2.24, 2.45) is 11.8 Å². The fourth-order valence-electron chi connectivity index (χ4n) is 3.56. The van der Waals surface area contributed by atoms with E-state index < -0.39 is 0 Å². The van der Waals surface area contributed by atoms with Crippen molar-refractivity contribution in [2.75, 3.05) is 16.8 Å². The van der Waals surface area contributed by atoms with Crippen molar-refractivity contribution >= 4 is 29.1 Å². The van der Waals surface area contributed by atoms with E-state index in [2.05, 4.69) is 30.5 Å². The van der Waals surface area contributed by atoms with Crippen molar-refractivity contribution in [2.45, 2.75) is 46.6 Å².